The molecular weight excluding hydrogens is 657 g/mol. The van der Waals surface area contributed by atoms with Crippen LogP contribution in [-0.2, 0) is 19.3 Å². The second-order valence-electron chi connectivity index (χ2n) is 15.9. The van der Waals surface area contributed by atoms with E-state index in [-0.39, 0.29) is 0 Å². The molecule has 0 radical (unpaired) electrons. The van der Waals surface area contributed by atoms with Gasteiger partial charge in [0.2, 0.25) is 0 Å². The summed E-state index contributed by atoms with van der Waals surface area (Å²) in [6.07, 6.45) is 12.8. The van der Waals surface area contributed by atoms with E-state index in [1.54, 1.807) is 0 Å². The average molecular weight is 699 g/mol. The van der Waals surface area contributed by atoms with Crippen molar-refractivity contribution in [2.45, 2.75) is 53.4 Å². The SMILES string of the molecule is Cc1cc(C)cc(C2=Cc3c(n(-c4ccc[nH]4)c4cc5c(cc34)CCc3cc4c6cc(-c7cc(C)cc(C)c7)ccc6n(-c6cc[nH]c6)c4cc3-5)CC2)c1. The molecule has 0 bridgehead atoms. The molecule has 11 rings (SSSR count). The molecule has 4 aromatic heterocycles. The Morgan fingerprint density at radius 1 is 0.519 bits per heavy atom. The van der Waals surface area contributed by atoms with Crippen molar-refractivity contribution in [1.29, 1.82) is 0 Å². The zero-order chi connectivity index (χ0) is 36.2. The summed E-state index contributed by atoms with van der Waals surface area (Å²) in [6, 6.07) is 37.4. The van der Waals surface area contributed by atoms with Gasteiger partial charge >= 0.3 is 0 Å². The molecule has 0 saturated carbocycles. The van der Waals surface area contributed by atoms with E-state index < -0.39 is 0 Å². The Balaban J connectivity index is 1.14. The molecule has 4 nitrogen and oxygen atoms in total. The summed E-state index contributed by atoms with van der Waals surface area (Å²) >= 11 is 0. The normalized spacial score (nSPS) is 13.7. The maximum absolute atomic E-state index is 3.56. The lowest BCUT2D eigenvalue weighted by atomic mass is 9.83. The number of fused-ring (bicyclic) bond motifs is 9. The van der Waals surface area contributed by atoms with Gasteiger partial charge in [0.15, 0.2) is 0 Å². The van der Waals surface area contributed by atoms with E-state index in [0.717, 1.165) is 37.2 Å². The van der Waals surface area contributed by atoms with E-state index in [4.69, 9.17) is 0 Å². The standard InChI is InChI=1S/C50H42N4/c1-29-16-30(2)19-37(18-29)33-9-11-46-42(22-33)44-24-35-7-8-36-25-45-43-23-34(38-20-31(3)17-32(4)21-38)10-12-47(43)54(50-6-5-14-52-50)49(45)27-41(36)40(35)26-48(44)53(46)39-13-15-51-28-39/h5-6,9,11,13-28,51-52H,7-8,10,12H2,1-4H3. The number of aromatic amines is 2. The van der Waals surface area contributed by atoms with Gasteiger partial charge in [0.25, 0.3) is 0 Å². The topological polar surface area (TPSA) is 41.4 Å². The fourth-order valence-corrected chi connectivity index (χ4v) is 9.83. The molecule has 0 unspecified atom stereocenters. The Labute approximate surface area is 315 Å². The number of rotatable bonds is 4. The van der Waals surface area contributed by atoms with E-state index in [1.807, 2.05) is 12.4 Å². The monoisotopic (exact) mass is 698 g/mol. The van der Waals surface area contributed by atoms with Crippen molar-refractivity contribution < 1.29 is 0 Å². The van der Waals surface area contributed by atoms with Crippen LogP contribution < -0.4 is 0 Å². The predicted octanol–water partition coefficient (Wildman–Crippen LogP) is 12.5. The Hall–Kier alpha value is -6.26. The molecule has 0 atom stereocenters. The van der Waals surface area contributed by atoms with E-state index in [0.29, 0.717) is 0 Å². The van der Waals surface area contributed by atoms with Crippen LogP contribution in [0.1, 0.15) is 56.6 Å². The minimum absolute atomic E-state index is 1.00. The molecule has 0 fully saturated rings. The summed E-state index contributed by atoms with van der Waals surface area (Å²) in [6.45, 7) is 8.80. The Morgan fingerprint density at radius 2 is 1.19 bits per heavy atom. The fourth-order valence-electron chi connectivity index (χ4n) is 9.83. The first-order chi connectivity index (χ1) is 26.4. The van der Waals surface area contributed by atoms with Crippen LogP contribution in [0.3, 0.4) is 0 Å². The van der Waals surface area contributed by atoms with Gasteiger partial charge in [0.05, 0.1) is 22.2 Å². The van der Waals surface area contributed by atoms with Gasteiger partial charge < -0.3 is 14.5 Å². The maximum Gasteiger partial charge on any atom is 0.114 e. The highest BCUT2D eigenvalue weighted by molar-refractivity contribution is 6.12. The fraction of sp³-hybridized carbons (Fsp3) is 0.160. The summed E-state index contributed by atoms with van der Waals surface area (Å²) in [7, 11) is 0. The van der Waals surface area contributed by atoms with Crippen molar-refractivity contribution in [2.75, 3.05) is 0 Å². The third-order valence-electron chi connectivity index (χ3n) is 12.0. The number of nitrogens with one attached hydrogen (secondary N) is 2. The lowest BCUT2D eigenvalue weighted by molar-refractivity contribution is 0.884. The lowest BCUT2D eigenvalue weighted by Crippen LogP contribution is -2.06. The van der Waals surface area contributed by atoms with Gasteiger partial charge in [0.1, 0.15) is 5.82 Å². The van der Waals surface area contributed by atoms with Gasteiger partial charge in [-0.25, -0.2) is 0 Å². The second-order valence-corrected chi connectivity index (χ2v) is 15.9. The number of hydrogen-bond donors (Lipinski definition) is 2. The minimum atomic E-state index is 1.00. The van der Waals surface area contributed by atoms with Gasteiger partial charge in [-0.2, -0.15) is 0 Å². The molecule has 9 aromatic rings. The van der Waals surface area contributed by atoms with Crippen LogP contribution in [-0.4, -0.2) is 19.1 Å². The summed E-state index contributed by atoms with van der Waals surface area (Å²) in [5.74, 6) is 1.13. The number of hydrogen-bond acceptors (Lipinski definition) is 0. The van der Waals surface area contributed by atoms with Crippen LogP contribution in [0, 0.1) is 27.7 Å². The zero-order valence-corrected chi connectivity index (χ0v) is 31.3. The van der Waals surface area contributed by atoms with Crippen LogP contribution in [0.2, 0.25) is 0 Å². The molecule has 4 heteroatoms. The van der Waals surface area contributed by atoms with E-state index in [1.165, 1.54) is 111 Å². The quantitative estimate of drug-likeness (QED) is 0.184. The van der Waals surface area contributed by atoms with Crippen molar-refractivity contribution in [2.24, 2.45) is 0 Å². The number of H-pyrrole nitrogens is 2. The molecule has 4 heterocycles. The van der Waals surface area contributed by atoms with Crippen molar-refractivity contribution in [1.82, 2.24) is 19.1 Å². The lowest BCUT2D eigenvalue weighted by Gasteiger charge is -2.21. The van der Waals surface area contributed by atoms with Crippen LogP contribution in [0.25, 0.3) is 78.1 Å². The molecule has 262 valence electrons. The van der Waals surface area contributed by atoms with Crippen LogP contribution in [0.5, 0.6) is 0 Å². The Bertz CT molecular complexity index is 2970. The van der Waals surface area contributed by atoms with Gasteiger partial charge in [-0.3, -0.25) is 4.57 Å². The summed E-state index contributed by atoms with van der Waals surface area (Å²) < 4.78 is 4.94. The molecule has 2 N–H and O–H groups in total. The van der Waals surface area contributed by atoms with Crippen LogP contribution >= 0.6 is 0 Å². The largest absolute Gasteiger partial charge is 0.366 e. The highest BCUT2D eigenvalue weighted by Gasteiger charge is 2.27. The van der Waals surface area contributed by atoms with Crippen molar-refractivity contribution in [3.63, 3.8) is 0 Å². The highest BCUT2D eigenvalue weighted by atomic mass is 15.1. The summed E-state index contributed by atoms with van der Waals surface area (Å²) in [5, 5.41) is 3.96. The molecule has 0 aliphatic heterocycles. The second kappa shape index (κ2) is 11.6. The smallest absolute Gasteiger partial charge is 0.114 e. The number of aryl methyl sites for hydroxylation is 6. The highest BCUT2D eigenvalue weighted by Crippen LogP contribution is 2.45. The van der Waals surface area contributed by atoms with E-state index >= 15 is 0 Å². The van der Waals surface area contributed by atoms with Crippen molar-refractivity contribution in [3.05, 3.63) is 166 Å². The molecule has 5 aromatic carbocycles. The molecule has 54 heavy (non-hydrogen) atoms. The van der Waals surface area contributed by atoms with Gasteiger partial charge in [-0.15, -0.1) is 0 Å². The van der Waals surface area contributed by atoms with E-state index in [2.05, 4.69) is 156 Å². The maximum atomic E-state index is 3.56. The zero-order valence-electron chi connectivity index (χ0n) is 31.3. The molecule has 0 spiro atoms. The number of benzene rings is 5. The Kier molecular flexibility index (Phi) is 6.73. The van der Waals surface area contributed by atoms with Gasteiger partial charge in [-0.05, 0) is 159 Å². The first kappa shape index (κ1) is 31.3. The third kappa shape index (κ3) is 4.76. The number of nitrogens with zero attached hydrogens (tertiary/aromatic N) is 2. The summed E-state index contributed by atoms with van der Waals surface area (Å²) in [5.41, 5.74) is 23.8. The number of aromatic nitrogens is 4. The van der Waals surface area contributed by atoms with Crippen molar-refractivity contribution >= 4 is 44.4 Å². The first-order valence-corrected chi connectivity index (χ1v) is 19.3. The Morgan fingerprint density at radius 3 is 1.85 bits per heavy atom. The third-order valence-corrected chi connectivity index (χ3v) is 12.0. The average Bonchev–Trinajstić information content (AvgIpc) is 3.98. The first-order valence-electron chi connectivity index (χ1n) is 19.3. The van der Waals surface area contributed by atoms with Gasteiger partial charge in [0, 0.05) is 46.0 Å². The van der Waals surface area contributed by atoms with E-state index in [9.17, 15) is 0 Å². The molecule has 2 aliphatic carbocycles. The molecular formula is C50H42N4. The number of allylic oxidation sites excluding steroid dienone is 1. The molecule has 0 amide bonds. The van der Waals surface area contributed by atoms with Crippen LogP contribution in [0.4, 0.5) is 0 Å². The van der Waals surface area contributed by atoms with Crippen molar-refractivity contribution in [3.8, 4) is 33.8 Å². The molecule has 0 saturated heterocycles. The molecule has 2 aliphatic rings. The minimum Gasteiger partial charge on any atom is -0.366 e. The van der Waals surface area contributed by atoms with Gasteiger partial charge in [-0.1, -0.05) is 64.7 Å². The predicted molar refractivity (Wildman–Crippen MR) is 226 cm³/mol. The summed E-state index contributed by atoms with van der Waals surface area (Å²) in [4.78, 5) is 6.89. The van der Waals surface area contributed by atoms with Crippen LogP contribution in [0.15, 0.2) is 116 Å².